The SMILES string of the molecule is CCCOCCN(CC)c1ccc(OB(Oc2ccc(N(CC)CCOCCC)cc2)Oc2ccc(N(CC)CCOCCC)cc2)cc1. The molecule has 0 unspecified atom stereocenters. The van der Waals surface area contributed by atoms with Crippen LogP contribution in [0.5, 0.6) is 17.2 Å². The van der Waals surface area contributed by atoms with Crippen LogP contribution in [0.25, 0.3) is 0 Å². The van der Waals surface area contributed by atoms with Crippen LogP contribution >= 0.6 is 0 Å². The lowest BCUT2D eigenvalue weighted by Gasteiger charge is -2.24. The third-order valence-electron chi connectivity index (χ3n) is 8.01. The molecule has 10 heteroatoms. The van der Waals surface area contributed by atoms with Crippen molar-refractivity contribution in [3.8, 4) is 17.2 Å². The van der Waals surface area contributed by atoms with Gasteiger partial charge in [-0.2, -0.15) is 0 Å². The summed E-state index contributed by atoms with van der Waals surface area (Å²) in [4.78, 5) is 6.87. The molecule has 0 atom stereocenters. The fourth-order valence-corrected chi connectivity index (χ4v) is 5.28. The molecule has 0 bridgehead atoms. The summed E-state index contributed by atoms with van der Waals surface area (Å²) in [5.74, 6) is 1.94. The van der Waals surface area contributed by atoms with E-state index in [1.165, 1.54) is 0 Å². The highest BCUT2D eigenvalue weighted by Gasteiger charge is 2.30. The smallest absolute Gasteiger partial charge is 0.490 e. The normalized spacial score (nSPS) is 10.9. The molecular formula is C39H60BN3O6. The lowest BCUT2D eigenvalue weighted by atomic mass is 10.1. The van der Waals surface area contributed by atoms with Crippen molar-refractivity contribution in [2.45, 2.75) is 60.8 Å². The Morgan fingerprint density at radius 2 is 0.653 bits per heavy atom. The summed E-state index contributed by atoms with van der Waals surface area (Å²) in [6.45, 7) is 22.4. The van der Waals surface area contributed by atoms with Gasteiger partial charge in [-0.3, -0.25) is 0 Å². The molecule has 0 N–H and O–H groups in total. The average Bonchev–Trinajstić information content (AvgIpc) is 3.13. The van der Waals surface area contributed by atoms with Crippen molar-refractivity contribution in [1.82, 2.24) is 0 Å². The van der Waals surface area contributed by atoms with Gasteiger partial charge in [-0.15, -0.1) is 0 Å². The standard InChI is InChI=1S/C39H60BN3O6/c1-7-28-44-31-25-41(10-4)34-13-19-37(20-14-34)47-40(48-38-21-15-35(16-22-38)42(11-5)26-32-45-29-8-2)49-39-23-17-36(18-24-39)43(12-6)27-33-46-30-9-3/h13-24H,7-12,25-33H2,1-6H3. The van der Waals surface area contributed by atoms with Crippen LogP contribution in [0, 0.1) is 0 Å². The van der Waals surface area contributed by atoms with Crippen LogP contribution in [0.1, 0.15) is 60.8 Å². The number of ether oxygens (including phenoxy) is 3. The Bertz CT molecular complexity index is 1090. The second-order valence-electron chi connectivity index (χ2n) is 11.7. The van der Waals surface area contributed by atoms with Crippen molar-refractivity contribution in [3.63, 3.8) is 0 Å². The third-order valence-corrected chi connectivity index (χ3v) is 8.01. The maximum absolute atomic E-state index is 6.31. The van der Waals surface area contributed by atoms with Crippen LogP contribution in [0.3, 0.4) is 0 Å². The molecule has 0 fully saturated rings. The molecule has 0 spiro atoms. The van der Waals surface area contributed by atoms with E-state index < -0.39 is 7.32 Å². The van der Waals surface area contributed by atoms with Gasteiger partial charge in [0.2, 0.25) is 0 Å². The van der Waals surface area contributed by atoms with Crippen LogP contribution in [0.4, 0.5) is 17.1 Å². The van der Waals surface area contributed by atoms with Gasteiger partial charge in [-0.25, -0.2) is 0 Å². The highest BCUT2D eigenvalue weighted by atomic mass is 16.7. The number of likely N-dealkylation sites (N-methyl/N-ethyl adjacent to an activating group) is 3. The second kappa shape index (κ2) is 23.7. The van der Waals surface area contributed by atoms with E-state index >= 15 is 0 Å². The summed E-state index contributed by atoms with van der Waals surface area (Å²) in [5, 5.41) is 0. The maximum atomic E-state index is 6.31. The molecule has 3 aromatic rings. The number of hydrogen-bond donors (Lipinski definition) is 0. The molecule has 0 saturated carbocycles. The minimum absolute atomic E-state index is 0.647. The lowest BCUT2D eigenvalue weighted by Crippen LogP contribution is -2.37. The molecule has 0 amide bonds. The molecule has 0 aliphatic heterocycles. The lowest BCUT2D eigenvalue weighted by molar-refractivity contribution is 0.141. The first-order valence-corrected chi connectivity index (χ1v) is 18.3. The first-order chi connectivity index (χ1) is 24.0. The molecule has 0 aromatic heterocycles. The van der Waals surface area contributed by atoms with Gasteiger partial charge in [0, 0.05) is 76.2 Å². The Labute approximate surface area is 296 Å². The van der Waals surface area contributed by atoms with Crippen molar-refractivity contribution in [2.75, 3.05) is 93.6 Å². The Morgan fingerprint density at radius 1 is 0.388 bits per heavy atom. The van der Waals surface area contributed by atoms with Crippen LogP contribution in [0.15, 0.2) is 72.8 Å². The minimum atomic E-state index is -1.01. The predicted molar refractivity (Wildman–Crippen MR) is 204 cm³/mol. The third kappa shape index (κ3) is 14.4. The number of rotatable bonds is 27. The summed E-state index contributed by atoms with van der Waals surface area (Å²) in [6.07, 6.45) is 3.07. The van der Waals surface area contributed by atoms with E-state index in [1.807, 2.05) is 36.4 Å². The molecule has 0 saturated heterocycles. The fraction of sp³-hybridized carbons (Fsp3) is 0.538. The molecule has 0 aliphatic carbocycles. The van der Waals surface area contributed by atoms with Crippen molar-refractivity contribution < 1.29 is 28.2 Å². The number of nitrogens with zero attached hydrogens (tertiary/aromatic N) is 3. The van der Waals surface area contributed by atoms with Crippen molar-refractivity contribution >= 4 is 24.4 Å². The molecule has 3 rings (SSSR count). The van der Waals surface area contributed by atoms with Gasteiger partial charge in [-0.1, -0.05) is 20.8 Å². The molecule has 270 valence electrons. The molecule has 3 aromatic carbocycles. The average molecular weight is 678 g/mol. The largest absolute Gasteiger partial charge is 0.864 e. The summed E-state index contributed by atoms with van der Waals surface area (Å²) < 4.78 is 36.1. The van der Waals surface area contributed by atoms with E-state index in [1.54, 1.807) is 0 Å². The van der Waals surface area contributed by atoms with E-state index in [0.29, 0.717) is 37.1 Å². The van der Waals surface area contributed by atoms with Gasteiger partial charge >= 0.3 is 7.32 Å². The van der Waals surface area contributed by atoms with Crippen LogP contribution in [-0.2, 0) is 14.2 Å². The van der Waals surface area contributed by atoms with Gasteiger partial charge in [0.15, 0.2) is 0 Å². The fourth-order valence-electron chi connectivity index (χ4n) is 5.28. The van der Waals surface area contributed by atoms with Crippen LogP contribution in [-0.4, -0.2) is 86.2 Å². The van der Waals surface area contributed by atoms with Gasteiger partial charge in [-0.05, 0) is 113 Å². The van der Waals surface area contributed by atoms with E-state index in [9.17, 15) is 0 Å². The monoisotopic (exact) mass is 677 g/mol. The zero-order valence-corrected chi connectivity index (χ0v) is 30.9. The van der Waals surface area contributed by atoms with E-state index in [-0.39, 0.29) is 0 Å². The Balaban J connectivity index is 1.73. The molecule has 9 nitrogen and oxygen atoms in total. The second-order valence-corrected chi connectivity index (χ2v) is 11.7. The molecule has 0 aliphatic rings. The van der Waals surface area contributed by atoms with Gasteiger partial charge in [0.25, 0.3) is 0 Å². The zero-order valence-electron chi connectivity index (χ0n) is 30.9. The van der Waals surface area contributed by atoms with Gasteiger partial charge < -0.3 is 42.9 Å². The van der Waals surface area contributed by atoms with Crippen LogP contribution < -0.4 is 28.7 Å². The predicted octanol–water partition coefficient (Wildman–Crippen LogP) is 7.97. The zero-order chi connectivity index (χ0) is 35.1. The number of benzene rings is 3. The topological polar surface area (TPSA) is 65.1 Å². The van der Waals surface area contributed by atoms with E-state index in [4.69, 9.17) is 28.2 Å². The van der Waals surface area contributed by atoms with Crippen molar-refractivity contribution in [1.29, 1.82) is 0 Å². The number of hydrogen-bond acceptors (Lipinski definition) is 9. The Kier molecular flexibility index (Phi) is 19.3. The van der Waals surface area contributed by atoms with Crippen LogP contribution in [0.2, 0.25) is 0 Å². The quantitative estimate of drug-likeness (QED) is 0.0591. The maximum Gasteiger partial charge on any atom is 0.864 e. The molecule has 0 radical (unpaired) electrons. The van der Waals surface area contributed by atoms with Crippen molar-refractivity contribution in [2.24, 2.45) is 0 Å². The summed E-state index contributed by atoms with van der Waals surface area (Å²) in [6, 6.07) is 24.1. The summed E-state index contributed by atoms with van der Waals surface area (Å²) in [7, 11) is -1.01. The molecule has 0 heterocycles. The summed E-state index contributed by atoms with van der Waals surface area (Å²) >= 11 is 0. The Hall–Kier alpha value is -3.60. The first kappa shape index (κ1) is 39.8. The van der Waals surface area contributed by atoms with Gasteiger partial charge in [0.05, 0.1) is 19.8 Å². The van der Waals surface area contributed by atoms with Gasteiger partial charge in [0.1, 0.15) is 17.2 Å². The van der Waals surface area contributed by atoms with E-state index in [0.717, 1.165) is 95.4 Å². The molecular weight excluding hydrogens is 617 g/mol. The Morgan fingerprint density at radius 3 is 0.878 bits per heavy atom. The van der Waals surface area contributed by atoms with E-state index in [2.05, 4.69) is 92.6 Å². The highest BCUT2D eigenvalue weighted by molar-refractivity contribution is 6.39. The summed E-state index contributed by atoms with van der Waals surface area (Å²) in [5.41, 5.74) is 3.34. The molecule has 49 heavy (non-hydrogen) atoms. The van der Waals surface area contributed by atoms with Crippen molar-refractivity contribution in [3.05, 3.63) is 72.8 Å². The minimum Gasteiger partial charge on any atom is -0.490 e. The highest BCUT2D eigenvalue weighted by Crippen LogP contribution is 2.25. The first-order valence-electron chi connectivity index (χ1n) is 18.3. The number of anilines is 3.